The maximum Gasteiger partial charge on any atom is 0.413 e. The van der Waals surface area contributed by atoms with E-state index >= 15 is 0 Å². The van der Waals surface area contributed by atoms with Crippen molar-refractivity contribution < 1.29 is 38.3 Å². The molecule has 2 heterocycles. The highest BCUT2D eigenvalue weighted by atomic mass is 32.1. The number of esters is 1. The van der Waals surface area contributed by atoms with E-state index < -0.39 is 41.1 Å². The molecule has 13 nitrogen and oxygen atoms in total. The molecule has 0 unspecified atom stereocenters. The second-order valence-corrected chi connectivity index (χ2v) is 10.3. The molecule has 3 rings (SSSR count). The van der Waals surface area contributed by atoms with Gasteiger partial charge in [-0.25, -0.2) is 20.1 Å². The largest absolute Gasteiger partial charge is 0.462 e. The van der Waals surface area contributed by atoms with E-state index in [4.69, 9.17) is 19.1 Å². The summed E-state index contributed by atoms with van der Waals surface area (Å²) in [6.45, 7) is 9.11. The van der Waals surface area contributed by atoms with Crippen molar-refractivity contribution in [3.8, 4) is 0 Å². The second-order valence-electron chi connectivity index (χ2n) is 9.49. The van der Waals surface area contributed by atoms with Crippen molar-refractivity contribution in [1.29, 1.82) is 0 Å². The van der Waals surface area contributed by atoms with Crippen LogP contribution in [-0.4, -0.2) is 65.0 Å². The summed E-state index contributed by atoms with van der Waals surface area (Å²) in [7, 11) is 0. The van der Waals surface area contributed by atoms with Crippen molar-refractivity contribution in [3.05, 3.63) is 11.1 Å². The number of oxime groups is 1. The molecule has 1 saturated heterocycles. The third kappa shape index (κ3) is 7.36. The van der Waals surface area contributed by atoms with Crippen LogP contribution in [0.2, 0.25) is 0 Å². The monoisotopic (exact) mass is 511 g/mol. The van der Waals surface area contributed by atoms with Gasteiger partial charge >= 0.3 is 12.1 Å². The summed E-state index contributed by atoms with van der Waals surface area (Å²) in [5, 5.41) is 10.5. The number of amides is 3. The molecule has 14 heteroatoms. The van der Waals surface area contributed by atoms with E-state index in [1.54, 1.807) is 20.8 Å². The Kier molecular flexibility index (Phi) is 7.95. The van der Waals surface area contributed by atoms with Gasteiger partial charge in [-0.3, -0.25) is 19.7 Å². The lowest BCUT2D eigenvalue weighted by Crippen LogP contribution is -2.45. The lowest BCUT2D eigenvalue weighted by Gasteiger charge is -2.18. The first-order valence-corrected chi connectivity index (χ1v) is 11.9. The number of nitrogens with one attached hydrogen (secondary N) is 3. The number of nitrogens with zero attached hydrogens (tertiary/aromatic N) is 2. The van der Waals surface area contributed by atoms with Gasteiger partial charge in [0, 0.05) is 18.2 Å². The van der Waals surface area contributed by atoms with Crippen LogP contribution in [0.4, 0.5) is 9.93 Å². The zero-order valence-electron chi connectivity index (χ0n) is 20.1. The highest BCUT2D eigenvalue weighted by molar-refractivity contribution is 7.14. The van der Waals surface area contributed by atoms with Crippen molar-refractivity contribution in [1.82, 2.24) is 15.8 Å². The number of hydrogen-bond acceptors (Lipinski definition) is 11. The molecule has 1 aliphatic carbocycles. The standard InChI is InChI=1S/C21H29N5O8S/c1-11(2)8-31-17(29)21(6-7-21)34-25-14(16(28)22-12-9-32-26-15(12)27)13-10-35-18(23-13)24-19(30)33-20(3,4)5/h10-12H,6-9H2,1-5H3,(H,22,28)(H,26,27)(H,23,24,30)/b25-14-/t12-/m0/s1. The maximum absolute atomic E-state index is 13.0. The first-order chi connectivity index (χ1) is 16.4. The molecular weight excluding hydrogens is 482 g/mol. The zero-order valence-corrected chi connectivity index (χ0v) is 20.9. The Morgan fingerprint density at radius 2 is 2.06 bits per heavy atom. The van der Waals surface area contributed by atoms with Gasteiger partial charge in [0.25, 0.3) is 11.8 Å². The summed E-state index contributed by atoms with van der Waals surface area (Å²) in [6, 6.07) is -0.948. The molecule has 0 spiro atoms. The number of carbonyl (C=O) groups excluding carboxylic acids is 4. The van der Waals surface area contributed by atoms with Gasteiger partial charge in [0.1, 0.15) is 23.9 Å². The van der Waals surface area contributed by atoms with E-state index in [2.05, 4.69) is 26.3 Å². The Morgan fingerprint density at radius 1 is 1.34 bits per heavy atom. The lowest BCUT2D eigenvalue weighted by molar-refractivity contribution is -0.161. The minimum Gasteiger partial charge on any atom is -0.462 e. The molecule has 3 N–H and O–H groups in total. The molecule has 0 radical (unpaired) electrons. The minimum absolute atomic E-state index is 0.0595. The molecule has 192 valence electrons. The van der Waals surface area contributed by atoms with E-state index in [0.29, 0.717) is 12.8 Å². The Labute approximate surface area is 205 Å². The lowest BCUT2D eigenvalue weighted by atomic mass is 10.2. The van der Waals surface area contributed by atoms with Crippen LogP contribution in [0, 0.1) is 5.92 Å². The fourth-order valence-corrected chi connectivity index (χ4v) is 3.35. The molecule has 1 aliphatic heterocycles. The summed E-state index contributed by atoms with van der Waals surface area (Å²) in [6.07, 6.45) is 0.0372. The van der Waals surface area contributed by atoms with Crippen LogP contribution >= 0.6 is 11.3 Å². The molecule has 3 amide bonds. The number of carbonyl (C=O) groups is 4. The summed E-state index contributed by atoms with van der Waals surface area (Å²) in [5.41, 5.74) is -0.0769. The number of rotatable bonds is 9. The van der Waals surface area contributed by atoms with Crippen molar-refractivity contribution in [2.24, 2.45) is 11.1 Å². The number of ether oxygens (including phenoxy) is 2. The van der Waals surface area contributed by atoms with E-state index in [0.717, 1.165) is 11.3 Å². The SMILES string of the molecule is CC(C)COC(=O)C1(O/N=C(\C(=O)N[C@H]2CONC2=O)c2csc(NC(=O)OC(C)(C)C)n2)CC1. The van der Waals surface area contributed by atoms with Crippen LogP contribution in [0.3, 0.4) is 0 Å². The van der Waals surface area contributed by atoms with Gasteiger partial charge in [-0.2, -0.15) is 0 Å². The molecule has 1 saturated carbocycles. The molecule has 1 aromatic heterocycles. The fraction of sp³-hybridized carbons (Fsp3) is 0.619. The number of thiazole rings is 1. The van der Waals surface area contributed by atoms with Crippen molar-refractivity contribution in [3.63, 3.8) is 0 Å². The normalized spacial score (nSPS) is 19.1. The first-order valence-electron chi connectivity index (χ1n) is 11.0. The number of hydrogen-bond donors (Lipinski definition) is 3. The number of anilines is 1. The molecule has 0 bridgehead atoms. The molecule has 2 aliphatic rings. The molecule has 0 aromatic carbocycles. The quantitative estimate of drug-likeness (QED) is 0.253. The van der Waals surface area contributed by atoms with Crippen LogP contribution in [0.1, 0.15) is 53.2 Å². The van der Waals surface area contributed by atoms with Gasteiger partial charge in [-0.15, -0.1) is 11.3 Å². The van der Waals surface area contributed by atoms with E-state index in [1.165, 1.54) is 5.38 Å². The van der Waals surface area contributed by atoms with Crippen molar-refractivity contribution in [2.45, 2.75) is 64.7 Å². The summed E-state index contributed by atoms with van der Waals surface area (Å²) < 4.78 is 10.5. The van der Waals surface area contributed by atoms with Gasteiger partial charge in [-0.05, 0) is 26.7 Å². The predicted octanol–water partition coefficient (Wildman–Crippen LogP) is 1.49. The summed E-state index contributed by atoms with van der Waals surface area (Å²) in [5.74, 6) is -1.73. The van der Waals surface area contributed by atoms with E-state index in [9.17, 15) is 19.2 Å². The highest BCUT2D eigenvalue weighted by Crippen LogP contribution is 2.41. The third-order valence-electron chi connectivity index (χ3n) is 4.55. The Bertz CT molecular complexity index is 1010. The Hall–Kier alpha value is -3.26. The topological polar surface area (TPSA) is 167 Å². The van der Waals surface area contributed by atoms with E-state index in [1.807, 2.05) is 13.8 Å². The molecule has 1 atom stereocenters. The van der Waals surface area contributed by atoms with E-state index in [-0.39, 0.29) is 35.7 Å². The molecule has 35 heavy (non-hydrogen) atoms. The summed E-state index contributed by atoms with van der Waals surface area (Å²) >= 11 is 1.02. The van der Waals surface area contributed by atoms with Gasteiger partial charge in [0.05, 0.1) is 6.61 Å². The zero-order chi connectivity index (χ0) is 25.8. The van der Waals surface area contributed by atoms with Gasteiger partial charge < -0.3 is 19.6 Å². The highest BCUT2D eigenvalue weighted by Gasteiger charge is 2.56. The van der Waals surface area contributed by atoms with Crippen LogP contribution in [0.5, 0.6) is 0 Å². The summed E-state index contributed by atoms with van der Waals surface area (Å²) in [4.78, 5) is 63.8. The average Bonchev–Trinajstić information content (AvgIpc) is 3.23. The fourth-order valence-electron chi connectivity index (χ4n) is 2.67. The molecule has 2 fully saturated rings. The van der Waals surface area contributed by atoms with Crippen molar-refractivity contribution in [2.75, 3.05) is 18.5 Å². The minimum atomic E-state index is -1.28. The number of aromatic nitrogens is 1. The second kappa shape index (κ2) is 10.6. The first kappa shape index (κ1) is 26.3. The van der Waals surface area contributed by atoms with Gasteiger partial charge in [0.2, 0.25) is 5.60 Å². The maximum atomic E-state index is 13.0. The number of hydroxylamine groups is 1. The Morgan fingerprint density at radius 3 is 2.63 bits per heavy atom. The molecule has 1 aromatic rings. The molecular formula is C21H29N5O8S. The predicted molar refractivity (Wildman–Crippen MR) is 123 cm³/mol. The van der Waals surface area contributed by atoms with Gasteiger partial charge in [0.15, 0.2) is 10.8 Å². The van der Waals surface area contributed by atoms with Crippen LogP contribution in [0.25, 0.3) is 0 Å². The van der Waals surface area contributed by atoms with Crippen LogP contribution in [0.15, 0.2) is 10.5 Å². The average molecular weight is 512 g/mol. The Balaban J connectivity index is 1.78. The van der Waals surface area contributed by atoms with Crippen LogP contribution < -0.4 is 16.1 Å². The van der Waals surface area contributed by atoms with Crippen molar-refractivity contribution >= 4 is 46.1 Å². The van der Waals surface area contributed by atoms with Gasteiger partial charge in [-0.1, -0.05) is 19.0 Å². The third-order valence-corrected chi connectivity index (χ3v) is 5.31. The smallest absolute Gasteiger partial charge is 0.413 e. The van der Waals surface area contributed by atoms with Crippen LogP contribution in [-0.2, 0) is 33.5 Å².